The lowest BCUT2D eigenvalue weighted by Gasteiger charge is -1.93. The van der Waals surface area contributed by atoms with E-state index in [-0.39, 0.29) is 12.1 Å². The number of furan rings is 1. The van der Waals surface area contributed by atoms with Crippen molar-refractivity contribution in [2.24, 2.45) is 11.5 Å². The Balaban J connectivity index is 2.71. The molecule has 1 amide bonds. The lowest BCUT2D eigenvalue weighted by atomic mass is 10.3. The van der Waals surface area contributed by atoms with E-state index in [1.807, 2.05) is 0 Å². The van der Waals surface area contributed by atoms with Crippen LogP contribution in [0, 0.1) is 0 Å². The second kappa shape index (κ2) is 3.72. The Labute approximate surface area is 73.4 Å². The van der Waals surface area contributed by atoms with Gasteiger partial charge in [-0.1, -0.05) is 0 Å². The van der Waals surface area contributed by atoms with E-state index in [1.54, 1.807) is 0 Å². The number of hydrogen-bond acceptors (Lipinski definition) is 5. The van der Waals surface area contributed by atoms with E-state index in [4.69, 9.17) is 10.2 Å². The summed E-state index contributed by atoms with van der Waals surface area (Å²) in [5.41, 5.74) is 9.97. The van der Waals surface area contributed by atoms with Gasteiger partial charge in [-0.15, -0.1) is 0 Å². The van der Waals surface area contributed by atoms with Crippen molar-refractivity contribution in [1.29, 1.82) is 0 Å². The zero-order valence-electron chi connectivity index (χ0n) is 6.65. The molecule has 4 N–H and O–H groups in total. The number of rotatable bonds is 2. The SMILES string of the molecule is NCc1cc(C(=O)OC(N)=O)co1. The molecule has 70 valence electrons. The normalized spacial score (nSPS) is 9.62. The molecule has 0 atom stereocenters. The number of primary amides is 1. The Bertz CT molecular complexity index is 331. The monoisotopic (exact) mass is 184 g/mol. The molecule has 0 aromatic carbocycles. The van der Waals surface area contributed by atoms with E-state index in [2.05, 4.69) is 10.5 Å². The summed E-state index contributed by atoms with van der Waals surface area (Å²) < 4.78 is 8.93. The van der Waals surface area contributed by atoms with E-state index < -0.39 is 12.1 Å². The molecule has 0 saturated carbocycles. The fourth-order valence-electron chi connectivity index (χ4n) is 0.745. The maximum Gasteiger partial charge on any atom is 0.412 e. The van der Waals surface area contributed by atoms with E-state index in [0.717, 1.165) is 6.26 Å². The van der Waals surface area contributed by atoms with Gasteiger partial charge < -0.3 is 20.6 Å². The Kier molecular flexibility index (Phi) is 2.65. The lowest BCUT2D eigenvalue weighted by Crippen LogP contribution is -2.18. The summed E-state index contributed by atoms with van der Waals surface area (Å²) in [5.74, 6) is -0.424. The van der Waals surface area contributed by atoms with Crippen molar-refractivity contribution in [1.82, 2.24) is 0 Å². The molecule has 0 spiro atoms. The van der Waals surface area contributed by atoms with Gasteiger partial charge in [0.2, 0.25) is 0 Å². The fraction of sp³-hybridized carbons (Fsp3) is 0.143. The van der Waals surface area contributed by atoms with Crippen LogP contribution in [0.1, 0.15) is 16.1 Å². The topological polar surface area (TPSA) is 109 Å². The van der Waals surface area contributed by atoms with Gasteiger partial charge in [0.25, 0.3) is 0 Å². The van der Waals surface area contributed by atoms with Crippen LogP contribution in [-0.2, 0) is 11.3 Å². The number of ether oxygens (including phenoxy) is 1. The third kappa shape index (κ3) is 2.31. The average molecular weight is 184 g/mol. The molecule has 0 fully saturated rings. The van der Waals surface area contributed by atoms with Crippen LogP contribution in [0.4, 0.5) is 4.79 Å². The minimum Gasteiger partial charge on any atom is -0.467 e. The number of nitrogens with two attached hydrogens (primary N) is 2. The third-order valence-corrected chi connectivity index (χ3v) is 1.28. The first-order valence-corrected chi connectivity index (χ1v) is 3.42. The molecular formula is C7H8N2O4. The molecule has 13 heavy (non-hydrogen) atoms. The van der Waals surface area contributed by atoms with Crippen molar-refractivity contribution >= 4 is 12.1 Å². The summed E-state index contributed by atoms with van der Waals surface area (Å²) in [6, 6.07) is 1.38. The first-order valence-electron chi connectivity index (χ1n) is 3.42. The largest absolute Gasteiger partial charge is 0.467 e. The van der Waals surface area contributed by atoms with Crippen molar-refractivity contribution in [3.8, 4) is 0 Å². The Hall–Kier alpha value is -1.82. The molecule has 0 saturated heterocycles. The van der Waals surface area contributed by atoms with Crippen LogP contribution in [0.3, 0.4) is 0 Å². The summed E-state index contributed by atoms with van der Waals surface area (Å²) in [6.07, 6.45) is -0.00602. The molecular weight excluding hydrogens is 176 g/mol. The smallest absolute Gasteiger partial charge is 0.412 e. The number of esters is 1. The van der Waals surface area contributed by atoms with Crippen LogP contribution in [-0.4, -0.2) is 12.1 Å². The molecule has 0 aliphatic heterocycles. The highest BCUT2D eigenvalue weighted by Gasteiger charge is 2.13. The van der Waals surface area contributed by atoms with Crippen LogP contribution in [0.15, 0.2) is 16.7 Å². The first kappa shape index (κ1) is 9.27. The van der Waals surface area contributed by atoms with Gasteiger partial charge >= 0.3 is 12.1 Å². The highest BCUT2D eigenvalue weighted by Crippen LogP contribution is 2.08. The van der Waals surface area contributed by atoms with Crippen LogP contribution >= 0.6 is 0 Å². The molecule has 0 radical (unpaired) electrons. The average Bonchev–Trinajstić information content (AvgIpc) is 2.50. The second-order valence-electron chi connectivity index (χ2n) is 2.21. The first-order chi connectivity index (χ1) is 6.13. The molecule has 0 unspecified atom stereocenters. The predicted octanol–water partition coefficient (Wildman–Crippen LogP) is -0.0262. The maximum absolute atomic E-state index is 11.0. The highest BCUT2D eigenvalue weighted by atomic mass is 16.6. The van der Waals surface area contributed by atoms with E-state index in [0.29, 0.717) is 5.76 Å². The number of hydrogen-bond donors (Lipinski definition) is 2. The van der Waals surface area contributed by atoms with Crippen LogP contribution in [0.25, 0.3) is 0 Å². The zero-order chi connectivity index (χ0) is 9.84. The van der Waals surface area contributed by atoms with E-state index >= 15 is 0 Å². The molecule has 1 aromatic rings. The number of amides is 1. The lowest BCUT2D eigenvalue weighted by molar-refractivity contribution is 0.0637. The minimum atomic E-state index is -1.15. The highest BCUT2D eigenvalue weighted by molar-refractivity contribution is 5.95. The van der Waals surface area contributed by atoms with Crippen LogP contribution < -0.4 is 11.5 Å². The third-order valence-electron chi connectivity index (χ3n) is 1.28. The summed E-state index contributed by atoms with van der Waals surface area (Å²) in [5, 5.41) is 0. The molecule has 0 aliphatic rings. The fourth-order valence-corrected chi connectivity index (χ4v) is 0.745. The van der Waals surface area contributed by atoms with Gasteiger partial charge in [0.05, 0.1) is 12.1 Å². The number of carbonyl (C=O) groups is 2. The molecule has 1 rings (SSSR count). The Morgan fingerprint density at radius 1 is 1.54 bits per heavy atom. The van der Waals surface area contributed by atoms with Gasteiger partial charge in [-0.25, -0.2) is 9.59 Å². The van der Waals surface area contributed by atoms with Crippen LogP contribution in [0.5, 0.6) is 0 Å². The molecule has 0 bridgehead atoms. The molecule has 6 heteroatoms. The van der Waals surface area contributed by atoms with Gasteiger partial charge in [-0.05, 0) is 6.07 Å². The van der Waals surface area contributed by atoms with E-state index in [1.165, 1.54) is 6.07 Å². The summed E-state index contributed by atoms with van der Waals surface area (Å²) >= 11 is 0. The van der Waals surface area contributed by atoms with Crippen molar-refractivity contribution in [2.75, 3.05) is 0 Å². The van der Waals surface area contributed by atoms with Crippen molar-refractivity contribution in [3.63, 3.8) is 0 Å². The molecule has 0 aliphatic carbocycles. The van der Waals surface area contributed by atoms with Gasteiger partial charge in [0.1, 0.15) is 12.0 Å². The summed E-state index contributed by atoms with van der Waals surface area (Å²) in [6.45, 7) is 0.170. The molecule has 1 aromatic heterocycles. The van der Waals surface area contributed by atoms with Crippen molar-refractivity contribution in [3.05, 3.63) is 23.7 Å². The molecule has 1 heterocycles. The quantitative estimate of drug-likeness (QED) is 0.495. The second-order valence-corrected chi connectivity index (χ2v) is 2.21. The van der Waals surface area contributed by atoms with Gasteiger partial charge in [-0.3, -0.25) is 0 Å². The zero-order valence-corrected chi connectivity index (χ0v) is 6.65. The summed E-state index contributed by atoms with van der Waals surface area (Å²) in [7, 11) is 0. The van der Waals surface area contributed by atoms with Gasteiger partial charge in [0, 0.05) is 0 Å². The maximum atomic E-state index is 11.0. The van der Waals surface area contributed by atoms with Crippen molar-refractivity contribution in [2.45, 2.75) is 6.54 Å². The van der Waals surface area contributed by atoms with E-state index in [9.17, 15) is 9.59 Å². The predicted molar refractivity (Wildman–Crippen MR) is 41.6 cm³/mol. The Morgan fingerprint density at radius 2 is 2.23 bits per heavy atom. The van der Waals surface area contributed by atoms with Gasteiger partial charge in [-0.2, -0.15) is 0 Å². The summed E-state index contributed by atoms with van der Waals surface area (Å²) in [4.78, 5) is 21.1. The Morgan fingerprint density at radius 3 is 2.69 bits per heavy atom. The van der Waals surface area contributed by atoms with Gasteiger partial charge in [0.15, 0.2) is 0 Å². The number of carbonyl (C=O) groups excluding carboxylic acids is 2. The standard InChI is InChI=1S/C7H8N2O4/c8-2-5-1-4(3-12-5)6(10)13-7(9)11/h1,3H,2,8H2,(H2,9,11). The van der Waals surface area contributed by atoms with Crippen LogP contribution in [0.2, 0.25) is 0 Å². The van der Waals surface area contributed by atoms with Crippen molar-refractivity contribution < 1.29 is 18.7 Å². The molecule has 6 nitrogen and oxygen atoms in total. The minimum absolute atomic E-state index is 0.110.